The molecule has 0 radical (unpaired) electrons. The summed E-state index contributed by atoms with van der Waals surface area (Å²) in [5.74, 6) is 0.537. The standard InChI is InChI=1S/C27H21N5O2/c1-17-11-24-25(12-18(17)2)30-27(29-24)20(14-28)13-21-16-31(26-6-4-3-5-23(21)26)15-19-7-9-22(10-8-19)32(33)34/h3-13,16H,15H2,1-2H3,(H,29,30)/b20-13-. The van der Waals surface area contributed by atoms with E-state index in [1.807, 2.05) is 55.6 Å². The van der Waals surface area contributed by atoms with E-state index in [1.54, 1.807) is 12.1 Å². The molecule has 7 heteroatoms. The number of nitriles is 1. The number of fused-ring (bicyclic) bond motifs is 2. The van der Waals surface area contributed by atoms with Crippen molar-refractivity contribution in [2.45, 2.75) is 20.4 Å². The smallest absolute Gasteiger partial charge is 0.269 e. The maximum absolute atomic E-state index is 10.9. The maximum Gasteiger partial charge on any atom is 0.269 e. The molecule has 0 aliphatic carbocycles. The Morgan fingerprint density at radius 3 is 2.62 bits per heavy atom. The third-order valence-corrected chi connectivity index (χ3v) is 6.09. The van der Waals surface area contributed by atoms with E-state index in [4.69, 9.17) is 0 Å². The predicted molar refractivity (Wildman–Crippen MR) is 133 cm³/mol. The van der Waals surface area contributed by atoms with E-state index in [0.29, 0.717) is 17.9 Å². The fourth-order valence-electron chi connectivity index (χ4n) is 4.15. The lowest BCUT2D eigenvalue weighted by atomic mass is 10.1. The molecule has 0 fully saturated rings. The summed E-state index contributed by atoms with van der Waals surface area (Å²) in [6.45, 7) is 4.65. The van der Waals surface area contributed by atoms with E-state index < -0.39 is 4.92 Å². The highest BCUT2D eigenvalue weighted by Crippen LogP contribution is 2.28. The normalized spacial score (nSPS) is 11.7. The van der Waals surface area contributed by atoms with Crippen LogP contribution in [0.1, 0.15) is 28.1 Å². The van der Waals surface area contributed by atoms with Crippen molar-refractivity contribution < 1.29 is 4.92 Å². The van der Waals surface area contributed by atoms with Crippen molar-refractivity contribution in [1.82, 2.24) is 14.5 Å². The van der Waals surface area contributed by atoms with E-state index in [0.717, 1.165) is 38.6 Å². The summed E-state index contributed by atoms with van der Waals surface area (Å²) < 4.78 is 2.09. The van der Waals surface area contributed by atoms with Gasteiger partial charge in [0.25, 0.3) is 5.69 Å². The zero-order valence-electron chi connectivity index (χ0n) is 18.7. The number of imidazole rings is 1. The van der Waals surface area contributed by atoms with Gasteiger partial charge in [-0.15, -0.1) is 0 Å². The highest BCUT2D eigenvalue weighted by molar-refractivity contribution is 5.98. The number of nitro groups is 1. The summed E-state index contributed by atoms with van der Waals surface area (Å²) >= 11 is 0. The number of non-ortho nitro benzene ring substituents is 1. The fourth-order valence-corrected chi connectivity index (χ4v) is 4.15. The minimum Gasteiger partial charge on any atom is -0.342 e. The first-order valence-corrected chi connectivity index (χ1v) is 10.8. The van der Waals surface area contributed by atoms with Crippen molar-refractivity contribution in [3.63, 3.8) is 0 Å². The van der Waals surface area contributed by atoms with Gasteiger partial charge >= 0.3 is 0 Å². The van der Waals surface area contributed by atoms with Gasteiger partial charge in [0.05, 0.1) is 21.5 Å². The van der Waals surface area contributed by atoms with E-state index in [1.165, 1.54) is 17.7 Å². The molecule has 0 spiro atoms. The molecule has 0 aliphatic heterocycles. The number of allylic oxidation sites excluding steroid dienone is 1. The lowest BCUT2D eigenvalue weighted by Crippen LogP contribution is -1.98. The Morgan fingerprint density at radius 2 is 1.88 bits per heavy atom. The van der Waals surface area contributed by atoms with Crippen LogP contribution in [0.3, 0.4) is 0 Å². The molecule has 1 N–H and O–H groups in total. The molecule has 2 heterocycles. The maximum atomic E-state index is 10.9. The fraction of sp³-hybridized carbons (Fsp3) is 0.111. The first kappa shape index (κ1) is 21.2. The van der Waals surface area contributed by atoms with Gasteiger partial charge in [0.2, 0.25) is 0 Å². The molecule has 0 aliphatic rings. The van der Waals surface area contributed by atoms with Gasteiger partial charge in [-0.3, -0.25) is 10.1 Å². The van der Waals surface area contributed by atoms with Crippen molar-refractivity contribution in [2.75, 3.05) is 0 Å². The van der Waals surface area contributed by atoms with Gasteiger partial charge in [-0.05, 0) is 54.8 Å². The van der Waals surface area contributed by atoms with Crippen LogP contribution in [-0.4, -0.2) is 19.5 Å². The van der Waals surface area contributed by atoms with Crippen LogP contribution in [0.15, 0.2) is 66.9 Å². The number of nitrogens with zero attached hydrogens (tertiary/aromatic N) is 4. The highest BCUT2D eigenvalue weighted by Gasteiger charge is 2.13. The average Bonchev–Trinajstić information content (AvgIpc) is 3.39. The zero-order chi connectivity index (χ0) is 23.8. The minimum absolute atomic E-state index is 0.0691. The van der Waals surface area contributed by atoms with Crippen LogP contribution in [0.25, 0.3) is 33.6 Å². The van der Waals surface area contributed by atoms with E-state index in [2.05, 4.69) is 27.5 Å². The number of nitro benzene ring substituents is 1. The summed E-state index contributed by atoms with van der Waals surface area (Å²) in [6.07, 6.45) is 3.85. The second kappa shape index (κ2) is 8.34. The first-order valence-electron chi connectivity index (χ1n) is 10.8. The molecule has 3 aromatic carbocycles. The molecule has 0 atom stereocenters. The van der Waals surface area contributed by atoms with Crippen LogP contribution in [0.2, 0.25) is 0 Å². The van der Waals surface area contributed by atoms with Crippen molar-refractivity contribution in [1.29, 1.82) is 5.26 Å². The second-order valence-corrected chi connectivity index (χ2v) is 8.36. The van der Waals surface area contributed by atoms with E-state index >= 15 is 0 Å². The summed E-state index contributed by atoms with van der Waals surface area (Å²) in [5.41, 5.74) is 7.44. The number of nitrogens with one attached hydrogen (secondary N) is 1. The van der Waals surface area contributed by atoms with Crippen LogP contribution in [-0.2, 0) is 6.54 Å². The van der Waals surface area contributed by atoms with Gasteiger partial charge in [0, 0.05) is 41.3 Å². The first-order chi connectivity index (χ1) is 16.4. The molecule has 2 aromatic heterocycles. The Balaban J connectivity index is 1.55. The Labute approximate surface area is 195 Å². The molecular formula is C27H21N5O2. The SMILES string of the molecule is Cc1cc2nc(/C(C#N)=C\c3cn(Cc4ccc([N+](=O)[O-])cc4)c4ccccc34)[nH]c2cc1C. The molecule has 0 bridgehead atoms. The number of H-pyrrole nitrogens is 1. The van der Waals surface area contributed by atoms with Gasteiger partial charge in [-0.2, -0.15) is 5.26 Å². The molecule has 166 valence electrons. The topological polar surface area (TPSA) is 101 Å². The van der Waals surface area contributed by atoms with Gasteiger partial charge in [0.15, 0.2) is 0 Å². The molecule has 0 saturated carbocycles. The molecule has 5 rings (SSSR count). The van der Waals surface area contributed by atoms with Crippen molar-refractivity contribution in [3.05, 3.63) is 105 Å². The van der Waals surface area contributed by atoms with Crippen LogP contribution in [0.5, 0.6) is 0 Å². The van der Waals surface area contributed by atoms with Crippen molar-refractivity contribution >= 4 is 39.3 Å². The number of rotatable bonds is 5. The lowest BCUT2D eigenvalue weighted by Gasteiger charge is -2.05. The van der Waals surface area contributed by atoms with Crippen LogP contribution < -0.4 is 0 Å². The number of aryl methyl sites for hydroxylation is 2. The number of hydrogen-bond acceptors (Lipinski definition) is 4. The Morgan fingerprint density at radius 1 is 1.15 bits per heavy atom. The van der Waals surface area contributed by atoms with Crippen molar-refractivity contribution in [2.24, 2.45) is 0 Å². The van der Waals surface area contributed by atoms with Crippen LogP contribution in [0.4, 0.5) is 5.69 Å². The number of benzene rings is 3. The number of para-hydroxylation sites is 1. The number of aromatic amines is 1. The predicted octanol–water partition coefficient (Wildman–Crippen LogP) is 6.16. The molecule has 0 saturated heterocycles. The highest BCUT2D eigenvalue weighted by atomic mass is 16.6. The minimum atomic E-state index is -0.401. The summed E-state index contributed by atoms with van der Waals surface area (Å²) in [6, 6.07) is 20.9. The number of hydrogen-bond donors (Lipinski definition) is 1. The quantitative estimate of drug-likeness (QED) is 0.198. The third-order valence-electron chi connectivity index (χ3n) is 6.09. The van der Waals surface area contributed by atoms with Crippen molar-refractivity contribution in [3.8, 4) is 6.07 Å². The van der Waals surface area contributed by atoms with Crippen LogP contribution in [0, 0.1) is 35.3 Å². The second-order valence-electron chi connectivity index (χ2n) is 8.36. The Bertz CT molecular complexity index is 1590. The third kappa shape index (κ3) is 3.82. The lowest BCUT2D eigenvalue weighted by molar-refractivity contribution is -0.384. The molecule has 5 aromatic rings. The van der Waals surface area contributed by atoms with E-state index in [-0.39, 0.29) is 5.69 Å². The van der Waals surface area contributed by atoms with Gasteiger partial charge in [-0.25, -0.2) is 4.98 Å². The summed E-state index contributed by atoms with van der Waals surface area (Å²) in [4.78, 5) is 18.5. The van der Waals surface area contributed by atoms with Gasteiger partial charge in [-0.1, -0.05) is 30.3 Å². The molecule has 34 heavy (non-hydrogen) atoms. The molecule has 0 amide bonds. The Kier molecular flexibility index (Phi) is 5.19. The van der Waals surface area contributed by atoms with Crippen LogP contribution >= 0.6 is 0 Å². The number of aromatic nitrogens is 3. The zero-order valence-corrected chi connectivity index (χ0v) is 18.7. The molecule has 7 nitrogen and oxygen atoms in total. The van der Waals surface area contributed by atoms with Gasteiger partial charge in [0.1, 0.15) is 11.9 Å². The summed E-state index contributed by atoms with van der Waals surface area (Å²) in [5, 5.41) is 21.9. The monoisotopic (exact) mass is 447 g/mol. The largest absolute Gasteiger partial charge is 0.342 e. The molecular weight excluding hydrogens is 426 g/mol. The Hall–Kier alpha value is -4.70. The average molecular weight is 447 g/mol. The summed E-state index contributed by atoms with van der Waals surface area (Å²) in [7, 11) is 0. The molecule has 0 unspecified atom stereocenters. The van der Waals surface area contributed by atoms with E-state index in [9.17, 15) is 15.4 Å². The van der Waals surface area contributed by atoms with Gasteiger partial charge < -0.3 is 9.55 Å².